The summed E-state index contributed by atoms with van der Waals surface area (Å²) in [4.78, 5) is 2.39. The highest BCUT2D eigenvalue weighted by Crippen LogP contribution is 2.32. The summed E-state index contributed by atoms with van der Waals surface area (Å²) < 4.78 is 5.59. The second kappa shape index (κ2) is 7.81. The number of hydrogen-bond donors (Lipinski definition) is 1. The van der Waals surface area contributed by atoms with Crippen LogP contribution in [0.25, 0.3) is 0 Å². The molecule has 0 bridgehead atoms. The molecule has 1 aliphatic rings. The maximum Gasteiger partial charge on any atom is 0.0472 e. The Balaban J connectivity index is 1.98. The van der Waals surface area contributed by atoms with Crippen molar-refractivity contribution in [2.75, 3.05) is 44.8 Å². The van der Waals surface area contributed by atoms with Crippen molar-refractivity contribution in [1.82, 2.24) is 5.32 Å². The third-order valence-electron chi connectivity index (χ3n) is 4.38. The van der Waals surface area contributed by atoms with Crippen molar-refractivity contribution < 1.29 is 4.74 Å². The lowest BCUT2D eigenvalue weighted by molar-refractivity contribution is 0.0186. The minimum Gasteiger partial charge on any atom is -0.381 e. The first-order chi connectivity index (χ1) is 10.1. The van der Waals surface area contributed by atoms with Gasteiger partial charge in [-0.05, 0) is 37.4 Å². The highest BCUT2D eigenvalue weighted by Gasteiger charge is 2.33. The number of ether oxygens (including phenoxy) is 1. The van der Waals surface area contributed by atoms with Crippen LogP contribution in [0.5, 0.6) is 0 Å². The number of nitrogens with zero attached hydrogens (tertiary/aromatic N) is 1. The summed E-state index contributed by atoms with van der Waals surface area (Å²) in [7, 11) is 2.20. The van der Waals surface area contributed by atoms with Crippen LogP contribution in [0, 0.1) is 11.3 Å². The molecule has 0 aromatic heterocycles. The van der Waals surface area contributed by atoms with E-state index in [4.69, 9.17) is 4.74 Å². The first-order valence-corrected chi connectivity index (χ1v) is 8.16. The summed E-state index contributed by atoms with van der Waals surface area (Å²) >= 11 is 0. The van der Waals surface area contributed by atoms with Crippen LogP contribution in [0.15, 0.2) is 30.3 Å². The summed E-state index contributed by atoms with van der Waals surface area (Å²) in [6.07, 6.45) is 2.30. The average Bonchev–Trinajstić information content (AvgIpc) is 2.48. The lowest BCUT2D eigenvalue weighted by Gasteiger charge is -2.41. The van der Waals surface area contributed by atoms with E-state index in [1.807, 2.05) is 0 Å². The van der Waals surface area contributed by atoms with Crippen LogP contribution < -0.4 is 10.2 Å². The normalized spacial score (nSPS) is 17.9. The van der Waals surface area contributed by atoms with Gasteiger partial charge in [0.05, 0.1) is 0 Å². The van der Waals surface area contributed by atoms with E-state index in [9.17, 15) is 0 Å². The Bertz CT molecular complexity index is 399. The Hall–Kier alpha value is -1.06. The molecule has 3 nitrogen and oxygen atoms in total. The standard InChI is InChI=1S/C18H30N2O/c1-16(2)13-19-14-18(9-11-21-12-10-18)15-20(3)17-7-5-4-6-8-17/h4-8,16,19H,9-15H2,1-3H3. The number of para-hydroxylation sites is 1. The fourth-order valence-corrected chi connectivity index (χ4v) is 3.10. The third-order valence-corrected chi connectivity index (χ3v) is 4.38. The lowest BCUT2D eigenvalue weighted by Crippen LogP contribution is -2.47. The molecule has 21 heavy (non-hydrogen) atoms. The van der Waals surface area contributed by atoms with Gasteiger partial charge >= 0.3 is 0 Å². The zero-order valence-electron chi connectivity index (χ0n) is 13.8. The first kappa shape index (κ1) is 16.3. The summed E-state index contributed by atoms with van der Waals surface area (Å²) in [5.74, 6) is 0.703. The second-order valence-electron chi connectivity index (χ2n) is 6.83. The zero-order chi connectivity index (χ0) is 15.1. The third kappa shape index (κ3) is 5.01. The quantitative estimate of drug-likeness (QED) is 0.835. The van der Waals surface area contributed by atoms with Crippen molar-refractivity contribution in [2.45, 2.75) is 26.7 Å². The van der Waals surface area contributed by atoms with E-state index in [1.54, 1.807) is 0 Å². The van der Waals surface area contributed by atoms with Crippen LogP contribution in [0.1, 0.15) is 26.7 Å². The van der Waals surface area contributed by atoms with Gasteiger partial charge in [-0.2, -0.15) is 0 Å². The highest BCUT2D eigenvalue weighted by molar-refractivity contribution is 5.45. The van der Waals surface area contributed by atoms with Crippen LogP contribution in [0.4, 0.5) is 5.69 Å². The zero-order valence-corrected chi connectivity index (χ0v) is 13.8. The number of hydrogen-bond acceptors (Lipinski definition) is 3. The Morgan fingerprint density at radius 3 is 2.48 bits per heavy atom. The van der Waals surface area contributed by atoms with Gasteiger partial charge < -0.3 is 15.0 Å². The van der Waals surface area contributed by atoms with Crippen LogP contribution in [-0.4, -0.2) is 39.9 Å². The maximum absolute atomic E-state index is 5.59. The summed E-state index contributed by atoms with van der Waals surface area (Å²) in [5, 5.41) is 3.67. The Morgan fingerprint density at radius 1 is 1.19 bits per heavy atom. The minimum absolute atomic E-state index is 0.331. The smallest absolute Gasteiger partial charge is 0.0472 e. The molecule has 1 aromatic carbocycles. The highest BCUT2D eigenvalue weighted by atomic mass is 16.5. The van der Waals surface area contributed by atoms with Gasteiger partial charge in [-0.3, -0.25) is 0 Å². The molecule has 0 spiro atoms. The van der Waals surface area contributed by atoms with Gasteiger partial charge in [-0.1, -0.05) is 32.0 Å². The fraction of sp³-hybridized carbons (Fsp3) is 0.667. The largest absolute Gasteiger partial charge is 0.381 e. The second-order valence-corrected chi connectivity index (χ2v) is 6.83. The van der Waals surface area contributed by atoms with Crippen LogP contribution in [-0.2, 0) is 4.74 Å². The lowest BCUT2D eigenvalue weighted by atomic mass is 9.79. The van der Waals surface area contributed by atoms with Crippen LogP contribution in [0.3, 0.4) is 0 Å². The van der Waals surface area contributed by atoms with E-state index in [2.05, 4.69) is 61.4 Å². The van der Waals surface area contributed by atoms with Gasteiger partial charge in [-0.25, -0.2) is 0 Å². The Kier molecular flexibility index (Phi) is 6.07. The molecule has 1 heterocycles. The van der Waals surface area contributed by atoms with E-state index in [0.29, 0.717) is 11.3 Å². The topological polar surface area (TPSA) is 24.5 Å². The van der Waals surface area contributed by atoms with Gasteiger partial charge in [-0.15, -0.1) is 0 Å². The van der Waals surface area contributed by atoms with Gasteiger partial charge in [0.1, 0.15) is 0 Å². The van der Waals surface area contributed by atoms with E-state index in [1.165, 1.54) is 5.69 Å². The van der Waals surface area contributed by atoms with Crippen molar-refractivity contribution in [1.29, 1.82) is 0 Å². The SMILES string of the molecule is CC(C)CNCC1(CN(C)c2ccccc2)CCOCC1. The molecule has 1 N–H and O–H groups in total. The van der Waals surface area contributed by atoms with Gasteiger partial charge in [0, 0.05) is 44.5 Å². The van der Waals surface area contributed by atoms with Crippen molar-refractivity contribution in [3.8, 4) is 0 Å². The maximum atomic E-state index is 5.59. The number of nitrogens with one attached hydrogen (secondary N) is 1. The molecule has 0 atom stereocenters. The number of benzene rings is 1. The summed E-state index contributed by atoms with van der Waals surface area (Å²) in [6, 6.07) is 10.7. The van der Waals surface area contributed by atoms with E-state index < -0.39 is 0 Å². The molecule has 1 saturated heterocycles. The Labute approximate surface area is 129 Å². The predicted octanol–water partition coefficient (Wildman–Crippen LogP) is 3.17. The molecule has 0 unspecified atom stereocenters. The van der Waals surface area contributed by atoms with Crippen molar-refractivity contribution in [3.63, 3.8) is 0 Å². The van der Waals surface area contributed by atoms with Gasteiger partial charge in [0.2, 0.25) is 0 Å². The Morgan fingerprint density at radius 2 is 1.86 bits per heavy atom. The number of anilines is 1. The van der Waals surface area contributed by atoms with Crippen molar-refractivity contribution >= 4 is 5.69 Å². The molecule has 1 aliphatic heterocycles. The molecule has 0 saturated carbocycles. The van der Waals surface area contributed by atoms with Crippen LogP contribution >= 0.6 is 0 Å². The van der Waals surface area contributed by atoms with E-state index in [-0.39, 0.29) is 0 Å². The summed E-state index contributed by atoms with van der Waals surface area (Å²) in [5.41, 5.74) is 1.63. The van der Waals surface area contributed by atoms with Crippen molar-refractivity contribution in [3.05, 3.63) is 30.3 Å². The van der Waals surface area contributed by atoms with Gasteiger partial charge in [0.15, 0.2) is 0 Å². The van der Waals surface area contributed by atoms with E-state index in [0.717, 1.165) is 45.7 Å². The molecule has 3 heteroatoms. The molecule has 1 aromatic rings. The average molecular weight is 290 g/mol. The molecule has 2 rings (SSSR count). The molecule has 0 aliphatic carbocycles. The molecule has 0 radical (unpaired) electrons. The fourth-order valence-electron chi connectivity index (χ4n) is 3.10. The number of rotatable bonds is 7. The van der Waals surface area contributed by atoms with Gasteiger partial charge in [0.25, 0.3) is 0 Å². The van der Waals surface area contributed by atoms with E-state index >= 15 is 0 Å². The predicted molar refractivity (Wildman–Crippen MR) is 89.9 cm³/mol. The van der Waals surface area contributed by atoms with Crippen LogP contribution in [0.2, 0.25) is 0 Å². The molecule has 118 valence electrons. The minimum atomic E-state index is 0.331. The molecular weight excluding hydrogens is 260 g/mol. The molecule has 0 amide bonds. The molecule has 1 fully saturated rings. The van der Waals surface area contributed by atoms with Crippen molar-refractivity contribution in [2.24, 2.45) is 11.3 Å². The first-order valence-electron chi connectivity index (χ1n) is 8.16. The summed E-state index contributed by atoms with van der Waals surface area (Å²) in [6.45, 7) is 9.59. The monoisotopic (exact) mass is 290 g/mol. The molecular formula is C18H30N2O.